The van der Waals surface area contributed by atoms with E-state index in [-0.39, 0.29) is 0 Å². The van der Waals surface area contributed by atoms with Gasteiger partial charge in [-0.15, -0.1) is 11.6 Å². The molecular formula is C18H25ClN2. The van der Waals surface area contributed by atoms with Crippen LogP contribution in [-0.4, -0.2) is 15.4 Å². The third kappa shape index (κ3) is 2.96. The SMILES string of the molecule is CCC(C1CCCCC1)n1c(CCCl)nc2ccccc21. The van der Waals surface area contributed by atoms with Gasteiger partial charge < -0.3 is 4.57 Å². The molecule has 1 aromatic carbocycles. The maximum atomic E-state index is 6.02. The standard InChI is InChI=1S/C18H25ClN2/c1-2-16(14-8-4-3-5-9-14)21-17-11-7-6-10-15(17)20-18(21)12-13-19/h6-7,10-11,14,16H,2-5,8-9,12-13H2,1H3. The zero-order valence-electron chi connectivity index (χ0n) is 12.9. The number of aromatic nitrogens is 2. The molecule has 1 unspecified atom stereocenters. The van der Waals surface area contributed by atoms with Gasteiger partial charge in [-0.2, -0.15) is 0 Å². The highest BCUT2D eigenvalue weighted by atomic mass is 35.5. The van der Waals surface area contributed by atoms with E-state index < -0.39 is 0 Å². The number of para-hydroxylation sites is 2. The average molecular weight is 305 g/mol. The molecule has 0 spiro atoms. The Bertz CT molecular complexity index is 584. The first-order valence-corrected chi connectivity index (χ1v) is 8.90. The summed E-state index contributed by atoms with van der Waals surface area (Å²) in [5.41, 5.74) is 2.40. The van der Waals surface area contributed by atoms with E-state index >= 15 is 0 Å². The Morgan fingerprint density at radius 2 is 2.00 bits per heavy atom. The number of imidazole rings is 1. The minimum Gasteiger partial charge on any atom is -0.325 e. The van der Waals surface area contributed by atoms with Crippen molar-refractivity contribution in [1.29, 1.82) is 0 Å². The smallest absolute Gasteiger partial charge is 0.111 e. The highest BCUT2D eigenvalue weighted by molar-refractivity contribution is 6.17. The molecule has 2 nitrogen and oxygen atoms in total. The second kappa shape index (κ2) is 6.83. The number of alkyl halides is 1. The molecule has 1 aliphatic rings. The molecule has 0 radical (unpaired) electrons. The Hall–Kier alpha value is -1.02. The predicted octanol–water partition coefficient (Wildman–Crippen LogP) is 5.35. The minimum absolute atomic E-state index is 0.580. The molecule has 3 heteroatoms. The summed E-state index contributed by atoms with van der Waals surface area (Å²) in [7, 11) is 0. The summed E-state index contributed by atoms with van der Waals surface area (Å²) in [5, 5.41) is 0. The van der Waals surface area contributed by atoms with Crippen LogP contribution in [0.4, 0.5) is 0 Å². The van der Waals surface area contributed by atoms with Crippen LogP contribution < -0.4 is 0 Å². The van der Waals surface area contributed by atoms with Gasteiger partial charge in [-0.25, -0.2) is 4.98 Å². The van der Waals surface area contributed by atoms with Crippen molar-refractivity contribution in [3.8, 4) is 0 Å². The normalized spacial score (nSPS) is 18.2. The van der Waals surface area contributed by atoms with E-state index in [4.69, 9.17) is 16.6 Å². The number of halogens is 1. The van der Waals surface area contributed by atoms with E-state index in [2.05, 4.69) is 35.8 Å². The molecule has 0 bridgehead atoms. The van der Waals surface area contributed by atoms with Gasteiger partial charge in [-0.05, 0) is 37.3 Å². The molecule has 1 atom stereocenters. The lowest BCUT2D eigenvalue weighted by molar-refractivity contribution is 0.243. The zero-order chi connectivity index (χ0) is 14.7. The molecule has 3 rings (SSSR count). The van der Waals surface area contributed by atoms with Crippen LogP contribution in [0.3, 0.4) is 0 Å². The third-order valence-electron chi connectivity index (χ3n) is 4.93. The van der Waals surface area contributed by atoms with Gasteiger partial charge in [0.1, 0.15) is 5.82 Å². The first-order valence-electron chi connectivity index (χ1n) is 8.37. The number of fused-ring (bicyclic) bond motifs is 1. The third-order valence-corrected chi connectivity index (χ3v) is 5.12. The summed E-state index contributed by atoms with van der Waals surface area (Å²) in [6.45, 7) is 2.32. The van der Waals surface area contributed by atoms with Crippen molar-refractivity contribution in [1.82, 2.24) is 9.55 Å². The largest absolute Gasteiger partial charge is 0.325 e. The van der Waals surface area contributed by atoms with Crippen molar-refractivity contribution in [3.05, 3.63) is 30.1 Å². The fraction of sp³-hybridized carbons (Fsp3) is 0.611. The van der Waals surface area contributed by atoms with Crippen molar-refractivity contribution in [3.63, 3.8) is 0 Å². The van der Waals surface area contributed by atoms with Gasteiger partial charge >= 0.3 is 0 Å². The average Bonchev–Trinajstić information content (AvgIpc) is 2.88. The first kappa shape index (κ1) is 14.9. The second-order valence-electron chi connectivity index (χ2n) is 6.20. The summed E-state index contributed by atoms with van der Waals surface area (Å²) in [5.74, 6) is 2.61. The molecule has 0 saturated heterocycles. The lowest BCUT2D eigenvalue weighted by atomic mass is 9.82. The van der Waals surface area contributed by atoms with Crippen LogP contribution in [-0.2, 0) is 6.42 Å². The fourth-order valence-electron chi connectivity index (χ4n) is 3.97. The number of benzene rings is 1. The van der Waals surface area contributed by atoms with Gasteiger partial charge in [0.05, 0.1) is 11.0 Å². The Morgan fingerprint density at radius 1 is 1.24 bits per heavy atom. The molecule has 1 heterocycles. The van der Waals surface area contributed by atoms with Crippen molar-refractivity contribution < 1.29 is 0 Å². The summed E-state index contributed by atoms with van der Waals surface area (Å²) in [4.78, 5) is 4.84. The van der Waals surface area contributed by atoms with Gasteiger partial charge in [-0.1, -0.05) is 38.3 Å². The quantitative estimate of drug-likeness (QED) is 0.681. The Balaban J connectivity index is 2.04. The predicted molar refractivity (Wildman–Crippen MR) is 90.1 cm³/mol. The maximum absolute atomic E-state index is 6.02. The molecule has 1 aliphatic carbocycles. The lowest BCUT2D eigenvalue weighted by Gasteiger charge is -2.32. The van der Waals surface area contributed by atoms with Crippen LogP contribution >= 0.6 is 11.6 Å². The van der Waals surface area contributed by atoms with Crippen molar-refractivity contribution in [2.75, 3.05) is 5.88 Å². The van der Waals surface area contributed by atoms with E-state index in [0.717, 1.165) is 17.9 Å². The van der Waals surface area contributed by atoms with E-state index in [9.17, 15) is 0 Å². The van der Waals surface area contributed by atoms with E-state index in [1.165, 1.54) is 49.9 Å². The van der Waals surface area contributed by atoms with Crippen LogP contribution in [0.5, 0.6) is 0 Å². The Kier molecular flexibility index (Phi) is 4.84. The maximum Gasteiger partial charge on any atom is 0.111 e. The van der Waals surface area contributed by atoms with Gasteiger partial charge in [0.2, 0.25) is 0 Å². The van der Waals surface area contributed by atoms with Crippen LogP contribution in [0, 0.1) is 5.92 Å². The summed E-state index contributed by atoms with van der Waals surface area (Å²) in [6.07, 6.45) is 8.96. The molecular weight excluding hydrogens is 280 g/mol. The van der Waals surface area contributed by atoms with Gasteiger partial charge in [0.15, 0.2) is 0 Å². The summed E-state index contributed by atoms with van der Waals surface area (Å²) < 4.78 is 2.51. The minimum atomic E-state index is 0.580. The highest BCUT2D eigenvalue weighted by Crippen LogP contribution is 2.37. The lowest BCUT2D eigenvalue weighted by Crippen LogP contribution is -2.23. The van der Waals surface area contributed by atoms with Crippen molar-refractivity contribution in [2.45, 2.75) is 57.9 Å². The van der Waals surface area contributed by atoms with Crippen molar-refractivity contribution in [2.24, 2.45) is 5.92 Å². The molecule has 1 aromatic heterocycles. The van der Waals surface area contributed by atoms with Crippen LogP contribution in [0.2, 0.25) is 0 Å². The molecule has 0 N–H and O–H groups in total. The number of hydrogen-bond acceptors (Lipinski definition) is 1. The van der Waals surface area contributed by atoms with Crippen LogP contribution in [0.1, 0.15) is 57.3 Å². The van der Waals surface area contributed by atoms with Gasteiger partial charge in [0, 0.05) is 18.3 Å². The highest BCUT2D eigenvalue weighted by Gasteiger charge is 2.26. The van der Waals surface area contributed by atoms with Crippen LogP contribution in [0.25, 0.3) is 11.0 Å². The molecule has 1 saturated carbocycles. The molecule has 0 aliphatic heterocycles. The zero-order valence-corrected chi connectivity index (χ0v) is 13.6. The fourth-order valence-corrected chi connectivity index (χ4v) is 4.14. The van der Waals surface area contributed by atoms with Crippen LogP contribution in [0.15, 0.2) is 24.3 Å². The first-order chi connectivity index (χ1) is 10.3. The summed E-state index contributed by atoms with van der Waals surface area (Å²) in [6, 6.07) is 9.11. The van der Waals surface area contributed by atoms with Gasteiger partial charge in [-0.3, -0.25) is 0 Å². The summed E-state index contributed by atoms with van der Waals surface area (Å²) >= 11 is 6.02. The molecule has 114 valence electrons. The second-order valence-corrected chi connectivity index (χ2v) is 6.58. The van der Waals surface area contributed by atoms with E-state index in [0.29, 0.717) is 11.9 Å². The molecule has 0 amide bonds. The van der Waals surface area contributed by atoms with Gasteiger partial charge in [0.25, 0.3) is 0 Å². The number of aryl methyl sites for hydroxylation is 1. The number of rotatable bonds is 5. The topological polar surface area (TPSA) is 17.8 Å². The van der Waals surface area contributed by atoms with E-state index in [1.54, 1.807) is 0 Å². The van der Waals surface area contributed by atoms with E-state index in [1.807, 2.05) is 0 Å². The Morgan fingerprint density at radius 3 is 2.71 bits per heavy atom. The molecule has 1 fully saturated rings. The van der Waals surface area contributed by atoms with Crippen molar-refractivity contribution >= 4 is 22.6 Å². The molecule has 2 aromatic rings. The molecule has 21 heavy (non-hydrogen) atoms. The number of hydrogen-bond donors (Lipinski definition) is 0. The Labute approximate surface area is 132 Å². The monoisotopic (exact) mass is 304 g/mol. The number of nitrogens with zero attached hydrogens (tertiary/aromatic N) is 2.